The van der Waals surface area contributed by atoms with Crippen LogP contribution >= 0.6 is 0 Å². The maximum Gasteiger partial charge on any atom is 0.244 e. The van der Waals surface area contributed by atoms with Gasteiger partial charge >= 0.3 is 0 Å². The van der Waals surface area contributed by atoms with Gasteiger partial charge in [-0.25, -0.2) is 12.8 Å². The Balaban J connectivity index is 2.02. The first-order valence-corrected chi connectivity index (χ1v) is 14.8. The van der Waals surface area contributed by atoms with Gasteiger partial charge in [0.05, 0.1) is 11.9 Å². The number of hydrogen-bond donors (Lipinski definition) is 1. The minimum atomic E-state index is -3.83. The summed E-state index contributed by atoms with van der Waals surface area (Å²) in [4.78, 5) is 28.9. The van der Waals surface area contributed by atoms with Crippen molar-refractivity contribution in [3.63, 3.8) is 0 Å². The zero-order valence-corrected chi connectivity index (χ0v) is 23.5. The molecule has 0 saturated heterocycles. The number of benzene rings is 3. The van der Waals surface area contributed by atoms with Gasteiger partial charge in [0, 0.05) is 19.5 Å². The summed E-state index contributed by atoms with van der Waals surface area (Å²) in [5.74, 6) is -1.29. The second-order valence-electron chi connectivity index (χ2n) is 9.61. The molecule has 0 bridgehead atoms. The van der Waals surface area contributed by atoms with Crippen molar-refractivity contribution in [2.24, 2.45) is 0 Å². The first-order chi connectivity index (χ1) is 18.6. The third kappa shape index (κ3) is 8.92. The highest BCUT2D eigenvalue weighted by atomic mass is 32.2. The van der Waals surface area contributed by atoms with Gasteiger partial charge < -0.3 is 10.2 Å². The second-order valence-corrected chi connectivity index (χ2v) is 11.5. The van der Waals surface area contributed by atoms with E-state index < -0.39 is 34.3 Å². The molecule has 1 atom stereocenters. The number of halogens is 1. The highest BCUT2D eigenvalue weighted by Crippen LogP contribution is 2.21. The average molecular weight is 554 g/mol. The Morgan fingerprint density at radius 1 is 0.949 bits per heavy atom. The van der Waals surface area contributed by atoms with E-state index in [1.54, 1.807) is 30.3 Å². The van der Waals surface area contributed by atoms with E-state index in [1.807, 2.05) is 50.2 Å². The van der Waals surface area contributed by atoms with Crippen molar-refractivity contribution in [3.05, 3.63) is 101 Å². The molecule has 9 heteroatoms. The monoisotopic (exact) mass is 553 g/mol. The maximum absolute atomic E-state index is 14.0. The van der Waals surface area contributed by atoms with E-state index in [2.05, 4.69) is 5.32 Å². The molecule has 3 rings (SSSR count). The van der Waals surface area contributed by atoms with Gasteiger partial charge in [-0.1, -0.05) is 67.9 Å². The number of unbranched alkanes of at least 4 members (excludes halogenated alkanes) is 1. The molecule has 1 unspecified atom stereocenters. The lowest BCUT2D eigenvalue weighted by atomic mass is 10.0. The summed E-state index contributed by atoms with van der Waals surface area (Å²) < 4.78 is 40.3. The largest absolute Gasteiger partial charge is 0.354 e. The number of rotatable bonds is 13. The lowest BCUT2D eigenvalue weighted by Crippen LogP contribution is -2.53. The van der Waals surface area contributed by atoms with Crippen LogP contribution < -0.4 is 9.62 Å². The number of nitrogens with one attached hydrogen (secondary N) is 1. The van der Waals surface area contributed by atoms with Crippen molar-refractivity contribution in [1.29, 1.82) is 0 Å². The molecular formula is C30H36FN3O4S. The van der Waals surface area contributed by atoms with E-state index in [0.29, 0.717) is 17.8 Å². The maximum atomic E-state index is 14.0. The smallest absolute Gasteiger partial charge is 0.244 e. The van der Waals surface area contributed by atoms with E-state index in [9.17, 15) is 22.4 Å². The summed E-state index contributed by atoms with van der Waals surface area (Å²) in [7, 11) is -3.83. The van der Waals surface area contributed by atoms with Crippen LogP contribution in [0.2, 0.25) is 0 Å². The number of carbonyl (C=O) groups excluding carboxylic acids is 2. The first-order valence-electron chi connectivity index (χ1n) is 13.0. The highest BCUT2D eigenvalue weighted by molar-refractivity contribution is 7.92. The van der Waals surface area contributed by atoms with Crippen LogP contribution in [-0.2, 0) is 32.6 Å². The minimum Gasteiger partial charge on any atom is -0.354 e. The summed E-state index contributed by atoms with van der Waals surface area (Å²) in [5.41, 5.74) is 2.67. The van der Waals surface area contributed by atoms with Crippen LogP contribution in [-0.4, -0.2) is 50.5 Å². The molecule has 2 amide bonds. The molecule has 0 heterocycles. The Labute approximate surface area is 230 Å². The lowest BCUT2D eigenvalue weighted by Gasteiger charge is -2.33. The fraction of sp³-hybridized carbons (Fsp3) is 0.333. The molecule has 0 aromatic heterocycles. The third-order valence-corrected chi connectivity index (χ3v) is 7.48. The van der Waals surface area contributed by atoms with E-state index in [4.69, 9.17) is 0 Å². The molecular weight excluding hydrogens is 517 g/mol. The van der Waals surface area contributed by atoms with E-state index in [-0.39, 0.29) is 18.9 Å². The molecule has 0 aliphatic heterocycles. The van der Waals surface area contributed by atoms with Crippen LogP contribution in [0.3, 0.4) is 0 Å². The predicted molar refractivity (Wildman–Crippen MR) is 152 cm³/mol. The van der Waals surface area contributed by atoms with Crippen molar-refractivity contribution >= 4 is 27.5 Å². The molecule has 39 heavy (non-hydrogen) atoms. The number of hydrogen-bond acceptors (Lipinski definition) is 4. The van der Waals surface area contributed by atoms with Gasteiger partial charge in [0.25, 0.3) is 0 Å². The Hall–Kier alpha value is -3.72. The molecule has 3 aromatic rings. The van der Waals surface area contributed by atoms with Gasteiger partial charge in [-0.2, -0.15) is 0 Å². The van der Waals surface area contributed by atoms with Crippen LogP contribution in [0.15, 0.2) is 78.9 Å². The number of aryl methyl sites for hydroxylation is 1. The van der Waals surface area contributed by atoms with Crippen molar-refractivity contribution in [2.75, 3.05) is 23.7 Å². The van der Waals surface area contributed by atoms with Gasteiger partial charge in [0.2, 0.25) is 21.8 Å². The van der Waals surface area contributed by atoms with Gasteiger partial charge in [-0.15, -0.1) is 0 Å². The predicted octanol–water partition coefficient (Wildman–Crippen LogP) is 4.46. The number of nitrogens with zero attached hydrogens (tertiary/aromatic N) is 2. The molecule has 7 nitrogen and oxygen atoms in total. The topological polar surface area (TPSA) is 86.8 Å². The molecule has 0 radical (unpaired) electrons. The summed E-state index contributed by atoms with van der Waals surface area (Å²) in [6.07, 6.45) is 2.95. The van der Waals surface area contributed by atoms with Crippen molar-refractivity contribution in [1.82, 2.24) is 10.2 Å². The molecule has 208 valence electrons. The zero-order chi connectivity index (χ0) is 28.4. The minimum absolute atomic E-state index is 0.00321. The summed E-state index contributed by atoms with van der Waals surface area (Å²) in [5, 5.41) is 2.93. The Bertz CT molecular complexity index is 1350. The van der Waals surface area contributed by atoms with Gasteiger partial charge in [0.15, 0.2) is 0 Å². The SMILES string of the molecule is CCCCNC(=O)C(Cc1ccccc1)N(Cc1ccc(F)cc1)C(=O)CN(c1cccc(C)c1)S(C)(=O)=O. The Kier molecular flexibility index (Phi) is 10.6. The Morgan fingerprint density at radius 3 is 2.26 bits per heavy atom. The Morgan fingerprint density at radius 2 is 1.64 bits per heavy atom. The van der Waals surface area contributed by atoms with Gasteiger partial charge in [-0.3, -0.25) is 13.9 Å². The number of anilines is 1. The zero-order valence-electron chi connectivity index (χ0n) is 22.6. The van der Waals surface area contributed by atoms with Crippen LogP contribution in [0.1, 0.15) is 36.5 Å². The van der Waals surface area contributed by atoms with Crippen molar-refractivity contribution < 1.29 is 22.4 Å². The van der Waals surface area contributed by atoms with E-state index in [1.165, 1.54) is 17.0 Å². The quantitative estimate of drug-likeness (QED) is 0.317. The summed E-state index contributed by atoms with van der Waals surface area (Å²) >= 11 is 0. The normalized spacial score (nSPS) is 12.0. The van der Waals surface area contributed by atoms with Gasteiger partial charge in [-0.05, 0) is 54.3 Å². The fourth-order valence-electron chi connectivity index (χ4n) is 4.24. The van der Waals surface area contributed by atoms with Crippen molar-refractivity contribution in [2.45, 2.75) is 45.7 Å². The van der Waals surface area contributed by atoms with Crippen LogP contribution in [0, 0.1) is 12.7 Å². The standard InChI is InChI=1S/C30H36FN3O4S/c1-4-5-18-32-30(36)28(20-24-11-7-6-8-12-24)33(21-25-14-16-26(31)17-15-25)29(35)22-34(39(3,37)38)27-13-9-10-23(2)19-27/h6-17,19,28H,4-5,18,20-22H2,1-3H3,(H,32,36). The lowest BCUT2D eigenvalue weighted by molar-refractivity contribution is -0.140. The molecule has 3 aromatic carbocycles. The molecule has 0 spiro atoms. The van der Waals surface area contributed by atoms with Crippen LogP contribution in [0.5, 0.6) is 0 Å². The molecule has 0 saturated carbocycles. The molecule has 0 aliphatic carbocycles. The summed E-state index contributed by atoms with van der Waals surface area (Å²) in [6, 6.07) is 21.0. The molecule has 0 fully saturated rings. The molecule has 1 N–H and O–H groups in total. The van der Waals surface area contributed by atoms with Gasteiger partial charge in [0.1, 0.15) is 18.4 Å². The number of sulfonamides is 1. The number of carbonyl (C=O) groups is 2. The van der Waals surface area contributed by atoms with E-state index >= 15 is 0 Å². The second kappa shape index (κ2) is 13.9. The number of amides is 2. The average Bonchev–Trinajstić information content (AvgIpc) is 2.90. The third-order valence-electron chi connectivity index (χ3n) is 6.34. The molecule has 0 aliphatic rings. The fourth-order valence-corrected chi connectivity index (χ4v) is 5.08. The van der Waals surface area contributed by atoms with Crippen molar-refractivity contribution in [3.8, 4) is 0 Å². The van der Waals surface area contributed by atoms with Crippen LogP contribution in [0.25, 0.3) is 0 Å². The first kappa shape index (κ1) is 29.8. The van der Waals surface area contributed by atoms with E-state index in [0.717, 1.165) is 34.5 Å². The summed E-state index contributed by atoms with van der Waals surface area (Å²) in [6.45, 7) is 3.82. The van der Waals surface area contributed by atoms with Crippen LogP contribution in [0.4, 0.5) is 10.1 Å². The highest BCUT2D eigenvalue weighted by Gasteiger charge is 2.33.